The van der Waals surface area contributed by atoms with Gasteiger partial charge in [-0.25, -0.2) is 0 Å². The van der Waals surface area contributed by atoms with Crippen LogP contribution in [0.5, 0.6) is 0 Å². The molecule has 0 aromatic carbocycles. The van der Waals surface area contributed by atoms with Gasteiger partial charge in [0.2, 0.25) is 0 Å². The summed E-state index contributed by atoms with van der Waals surface area (Å²) in [6.07, 6.45) is 3.86. The Bertz CT molecular complexity index is 37.1. The molecule has 0 heterocycles. The van der Waals surface area contributed by atoms with Gasteiger partial charge >= 0.3 is 0 Å². The van der Waals surface area contributed by atoms with E-state index in [1.165, 1.54) is 0 Å². The molecular formula is C5H10OV. The SMILES string of the molecule is CCCCC=O.[V]. The van der Waals surface area contributed by atoms with Gasteiger partial charge in [0.25, 0.3) is 0 Å². The van der Waals surface area contributed by atoms with Crippen molar-refractivity contribution in [1.29, 1.82) is 0 Å². The summed E-state index contributed by atoms with van der Waals surface area (Å²) >= 11 is 0. The van der Waals surface area contributed by atoms with Crippen LogP contribution in [0, 0.1) is 0 Å². The molecule has 2 heteroatoms. The minimum absolute atomic E-state index is 0. The van der Waals surface area contributed by atoms with Crippen molar-refractivity contribution >= 4 is 6.29 Å². The molecule has 0 amide bonds. The van der Waals surface area contributed by atoms with Crippen molar-refractivity contribution in [2.24, 2.45) is 0 Å². The van der Waals surface area contributed by atoms with E-state index in [0.717, 1.165) is 25.5 Å². The number of hydrogen-bond acceptors (Lipinski definition) is 1. The molecule has 0 aliphatic carbocycles. The van der Waals surface area contributed by atoms with E-state index < -0.39 is 0 Å². The second kappa shape index (κ2) is 9.54. The number of carbonyl (C=O) groups excluding carboxylic acids is 1. The Morgan fingerprint density at radius 3 is 2.29 bits per heavy atom. The first-order valence-corrected chi connectivity index (χ1v) is 2.35. The van der Waals surface area contributed by atoms with Gasteiger partial charge < -0.3 is 4.79 Å². The minimum atomic E-state index is 0. The predicted molar refractivity (Wildman–Crippen MR) is 25.6 cm³/mol. The van der Waals surface area contributed by atoms with Crippen LogP contribution in [-0.2, 0) is 23.4 Å². The number of hydrogen-bond donors (Lipinski definition) is 0. The van der Waals surface area contributed by atoms with Crippen molar-refractivity contribution in [3.8, 4) is 0 Å². The number of unbranched alkanes of at least 4 members (excludes halogenated alkanes) is 2. The molecular weight excluding hydrogens is 127 g/mol. The summed E-state index contributed by atoms with van der Waals surface area (Å²) in [5.74, 6) is 0. The molecule has 0 fully saturated rings. The molecule has 0 aliphatic heterocycles. The smallest absolute Gasteiger partial charge is 0.119 e. The topological polar surface area (TPSA) is 17.1 Å². The van der Waals surface area contributed by atoms with Crippen LogP contribution in [0.3, 0.4) is 0 Å². The van der Waals surface area contributed by atoms with Crippen molar-refractivity contribution in [2.75, 3.05) is 0 Å². The van der Waals surface area contributed by atoms with Gasteiger partial charge in [-0.2, -0.15) is 0 Å². The number of aldehydes is 1. The molecule has 0 unspecified atom stereocenters. The van der Waals surface area contributed by atoms with E-state index in [-0.39, 0.29) is 18.6 Å². The quantitative estimate of drug-likeness (QED) is 0.424. The summed E-state index contributed by atoms with van der Waals surface area (Å²) < 4.78 is 0. The van der Waals surface area contributed by atoms with Gasteiger partial charge in [-0.15, -0.1) is 0 Å². The van der Waals surface area contributed by atoms with Crippen LogP contribution in [0.2, 0.25) is 0 Å². The third-order valence-corrected chi connectivity index (χ3v) is 0.676. The second-order valence-electron chi connectivity index (χ2n) is 1.31. The van der Waals surface area contributed by atoms with Crippen LogP contribution in [0.4, 0.5) is 0 Å². The third-order valence-electron chi connectivity index (χ3n) is 0.676. The van der Waals surface area contributed by atoms with E-state index >= 15 is 0 Å². The first-order chi connectivity index (χ1) is 2.91. The van der Waals surface area contributed by atoms with Crippen molar-refractivity contribution in [3.05, 3.63) is 0 Å². The standard InChI is InChI=1S/C5H10O.V/c1-2-3-4-5-6;/h5H,2-4H2,1H3;. The molecule has 0 saturated heterocycles. The van der Waals surface area contributed by atoms with Crippen molar-refractivity contribution in [1.82, 2.24) is 0 Å². The van der Waals surface area contributed by atoms with Gasteiger partial charge in [-0.05, 0) is 6.42 Å². The molecule has 0 aromatic heterocycles. The summed E-state index contributed by atoms with van der Waals surface area (Å²) in [6, 6.07) is 0. The maximum absolute atomic E-state index is 9.56. The second-order valence-corrected chi connectivity index (χ2v) is 1.31. The van der Waals surface area contributed by atoms with Crippen LogP contribution < -0.4 is 0 Å². The maximum Gasteiger partial charge on any atom is 0.119 e. The Labute approximate surface area is 56.4 Å². The Morgan fingerprint density at radius 1 is 1.57 bits per heavy atom. The van der Waals surface area contributed by atoms with E-state index in [4.69, 9.17) is 0 Å². The average molecular weight is 137 g/mol. The van der Waals surface area contributed by atoms with Gasteiger partial charge in [-0.1, -0.05) is 13.3 Å². The molecule has 1 nitrogen and oxygen atoms in total. The van der Waals surface area contributed by atoms with Crippen LogP contribution in [0.25, 0.3) is 0 Å². The van der Waals surface area contributed by atoms with E-state index in [1.54, 1.807) is 0 Å². The molecule has 41 valence electrons. The molecule has 0 aliphatic rings. The van der Waals surface area contributed by atoms with Gasteiger partial charge in [0, 0.05) is 25.0 Å². The van der Waals surface area contributed by atoms with E-state index in [1.807, 2.05) is 0 Å². The Morgan fingerprint density at radius 2 is 2.14 bits per heavy atom. The largest absolute Gasteiger partial charge is 0.303 e. The first kappa shape index (κ1) is 10.3. The first-order valence-electron chi connectivity index (χ1n) is 2.35. The van der Waals surface area contributed by atoms with E-state index in [9.17, 15) is 4.79 Å². The maximum atomic E-state index is 9.56. The minimum Gasteiger partial charge on any atom is -0.303 e. The predicted octanol–water partition coefficient (Wildman–Crippen LogP) is 1.37. The normalized spacial score (nSPS) is 7.00. The number of rotatable bonds is 3. The van der Waals surface area contributed by atoms with Crippen LogP contribution in [-0.4, -0.2) is 6.29 Å². The number of carbonyl (C=O) groups is 1. The molecule has 0 bridgehead atoms. The third kappa shape index (κ3) is 10.7. The van der Waals surface area contributed by atoms with Crippen molar-refractivity contribution < 1.29 is 23.4 Å². The molecule has 0 rings (SSSR count). The van der Waals surface area contributed by atoms with Crippen LogP contribution in [0.15, 0.2) is 0 Å². The fourth-order valence-corrected chi connectivity index (χ4v) is 0.287. The summed E-state index contributed by atoms with van der Waals surface area (Å²) in [5.41, 5.74) is 0. The summed E-state index contributed by atoms with van der Waals surface area (Å²) in [7, 11) is 0. The Balaban J connectivity index is 0. The van der Waals surface area contributed by atoms with E-state index in [0.29, 0.717) is 0 Å². The monoisotopic (exact) mass is 137 g/mol. The van der Waals surface area contributed by atoms with Gasteiger partial charge in [0.1, 0.15) is 6.29 Å². The zero-order valence-electron chi connectivity index (χ0n) is 4.55. The van der Waals surface area contributed by atoms with Gasteiger partial charge in [0.15, 0.2) is 0 Å². The fraction of sp³-hybridized carbons (Fsp3) is 0.800. The zero-order chi connectivity index (χ0) is 4.83. The fourth-order valence-electron chi connectivity index (χ4n) is 0.287. The molecule has 1 radical (unpaired) electrons. The molecule has 0 saturated carbocycles. The average Bonchev–Trinajstić information content (AvgIpc) is 1.61. The molecule has 0 aromatic rings. The zero-order valence-corrected chi connectivity index (χ0v) is 5.95. The van der Waals surface area contributed by atoms with Crippen molar-refractivity contribution in [3.63, 3.8) is 0 Å². The van der Waals surface area contributed by atoms with Crippen LogP contribution in [0.1, 0.15) is 26.2 Å². The molecule has 0 spiro atoms. The summed E-state index contributed by atoms with van der Waals surface area (Å²) in [5, 5.41) is 0. The Kier molecular flexibility index (Phi) is 14.0. The van der Waals surface area contributed by atoms with Gasteiger partial charge in [0.05, 0.1) is 0 Å². The van der Waals surface area contributed by atoms with Gasteiger partial charge in [-0.3, -0.25) is 0 Å². The van der Waals surface area contributed by atoms with E-state index in [2.05, 4.69) is 6.92 Å². The molecule has 0 atom stereocenters. The van der Waals surface area contributed by atoms with Crippen LogP contribution >= 0.6 is 0 Å². The summed E-state index contributed by atoms with van der Waals surface area (Å²) in [6.45, 7) is 2.07. The summed E-state index contributed by atoms with van der Waals surface area (Å²) in [4.78, 5) is 9.56. The Hall–Kier alpha value is 0.254. The van der Waals surface area contributed by atoms with Crippen molar-refractivity contribution in [2.45, 2.75) is 26.2 Å². The molecule has 7 heavy (non-hydrogen) atoms. The molecule has 0 N–H and O–H groups in total.